The van der Waals surface area contributed by atoms with Crippen LogP contribution in [-0.4, -0.2) is 23.9 Å². The molecule has 1 aliphatic carbocycles. The van der Waals surface area contributed by atoms with Crippen LogP contribution < -0.4 is 21.3 Å². The zero-order valence-electron chi connectivity index (χ0n) is 17.3. The summed E-state index contributed by atoms with van der Waals surface area (Å²) in [5, 5.41) is 11.3. The van der Waals surface area contributed by atoms with Crippen molar-refractivity contribution in [1.82, 2.24) is 10.6 Å². The summed E-state index contributed by atoms with van der Waals surface area (Å²) in [4.78, 5) is 37.0. The van der Waals surface area contributed by atoms with Crippen LogP contribution in [0.15, 0.2) is 54.6 Å². The highest BCUT2D eigenvalue weighted by Gasteiger charge is 2.24. The molecule has 1 saturated carbocycles. The summed E-state index contributed by atoms with van der Waals surface area (Å²) in [7, 11) is 0. The average molecular weight is 409 g/mol. The third-order valence-corrected chi connectivity index (χ3v) is 4.62. The maximum absolute atomic E-state index is 12.9. The minimum Gasteiger partial charge on any atom is -0.341 e. The van der Waals surface area contributed by atoms with Crippen molar-refractivity contribution < 1.29 is 14.4 Å². The van der Waals surface area contributed by atoms with E-state index in [1.165, 1.54) is 0 Å². The van der Waals surface area contributed by atoms with Crippen molar-refractivity contribution in [2.75, 3.05) is 10.6 Å². The summed E-state index contributed by atoms with van der Waals surface area (Å²) in [6, 6.07) is 15.3. The summed E-state index contributed by atoms with van der Waals surface area (Å²) in [6.45, 7) is 3.91. The van der Waals surface area contributed by atoms with E-state index >= 15 is 0 Å². The fourth-order valence-electron chi connectivity index (χ4n) is 2.97. The Kier molecular flexibility index (Phi) is 7.06. The predicted octanol–water partition coefficient (Wildman–Crippen LogP) is 3.81. The monoisotopic (exact) mass is 408 g/mol. The van der Waals surface area contributed by atoms with Crippen molar-refractivity contribution in [3.8, 4) is 0 Å². The number of carbonyl (C=O) groups excluding carboxylic acids is 3. The molecule has 7 heteroatoms. The van der Waals surface area contributed by atoms with Gasteiger partial charge in [-0.15, -0.1) is 0 Å². The Morgan fingerprint density at radius 2 is 1.50 bits per heavy atom. The zero-order chi connectivity index (χ0) is 21.5. The van der Waals surface area contributed by atoms with Gasteiger partial charge in [0.15, 0.2) is 0 Å². The molecule has 7 nitrogen and oxygen atoms in total. The number of rotatable bonds is 8. The number of carbonyl (C=O) groups is 3. The first-order valence-electron chi connectivity index (χ1n) is 10.2. The predicted molar refractivity (Wildman–Crippen MR) is 117 cm³/mol. The quantitative estimate of drug-likeness (QED) is 0.534. The van der Waals surface area contributed by atoms with E-state index in [-0.39, 0.29) is 29.8 Å². The number of amides is 4. The van der Waals surface area contributed by atoms with Crippen LogP contribution >= 0.6 is 0 Å². The SMILES string of the molecule is CC(C)CC(=O)NC(C(=O)Nc1ccc(NC(=O)NC2CC2)cc1)c1ccccc1. The van der Waals surface area contributed by atoms with Gasteiger partial charge in [0, 0.05) is 23.8 Å². The standard InChI is InChI=1S/C23H28N4O3/c1-15(2)14-20(28)27-21(16-6-4-3-5-7-16)22(29)24-17-8-10-18(11-9-17)25-23(30)26-19-12-13-19/h3-11,15,19,21H,12-14H2,1-2H3,(H,24,29)(H,27,28)(H2,25,26,30). The highest BCUT2D eigenvalue weighted by Crippen LogP contribution is 2.20. The van der Waals surface area contributed by atoms with Crippen molar-refractivity contribution in [1.29, 1.82) is 0 Å². The van der Waals surface area contributed by atoms with Gasteiger partial charge in [0.05, 0.1) is 0 Å². The summed E-state index contributed by atoms with van der Waals surface area (Å²) < 4.78 is 0. The fraction of sp³-hybridized carbons (Fsp3) is 0.348. The first-order chi connectivity index (χ1) is 14.4. The van der Waals surface area contributed by atoms with Crippen molar-refractivity contribution in [3.63, 3.8) is 0 Å². The van der Waals surface area contributed by atoms with Crippen molar-refractivity contribution in [2.24, 2.45) is 5.92 Å². The van der Waals surface area contributed by atoms with Gasteiger partial charge in [-0.1, -0.05) is 44.2 Å². The highest BCUT2D eigenvalue weighted by atomic mass is 16.2. The van der Waals surface area contributed by atoms with Crippen LogP contribution in [0.3, 0.4) is 0 Å². The Balaban J connectivity index is 1.64. The number of benzene rings is 2. The molecule has 0 aromatic heterocycles. The molecule has 4 amide bonds. The molecule has 3 rings (SSSR count). The molecule has 0 bridgehead atoms. The first-order valence-corrected chi connectivity index (χ1v) is 10.2. The van der Waals surface area contributed by atoms with E-state index in [0.29, 0.717) is 23.4 Å². The smallest absolute Gasteiger partial charge is 0.319 e. The molecule has 1 fully saturated rings. The van der Waals surface area contributed by atoms with Crippen molar-refractivity contribution in [2.45, 2.75) is 45.2 Å². The van der Waals surface area contributed by atoms with Gasteiger partial charge in [-0.2, -0.15) is 0 Å². The van der Waals surface area contributed by atoms with Gasteiger partial charge in [-0.25, -0.2) is 4.79 Å². The van der Waals surface area contributed by atoms with E-state index in [4.69, 9.17) is 0 Å². The van der Waals surface area contributed by atoms with Gasteiger partial charge < -0.3 is 21.3 Å². The second-order valence-electron chi connectivity index (χ2n) is 7.95. The van der Waals surface area contributed by atoms with Gasteiger partial charge in [-0.05, 0) is 48.6 Å². The number of anilines is 2. The zero-order valence-corrected chi connectivity index (χ0v) is 17.3. The molecule has 30 heavy (non-hydrogen) atoms. The lowest BCUT2D eigenvalue weighted by Crippen LogP contribution is -2.37. The number of hydrogen-bond acceptors (Lipinski definition) is 3. The number of nitrogens with one attached hydrogen (secondary N) is 4. The van der Waals surface area contributed by atoms with Gasteiger partial charge in [0.25, 0.3) is 5.91 Å². The lowest BCUT2D eigenvalue weighted by Gasteiger charge is -2.19. The fourth-order valence-corrected chi connectivity index (χ4v) is 2.97. The van der Waals surface area contributed by atoms with E-state index in [0.717, 1.165) is 12.8 Å². The molecular weight excluding hydrogens is 380 g/mol. The molecule has 2 aromatic carbocycles. The average Bonchev–Trinajstić information content (AvgIpc) is 3.51. The third kappa shape index (κ3) is 6.62. The van der Waals surface area contributed by atoms with Gasteiger partial charge in [0.2, 0.25) is 5.91 Å². The molecule has 0 radical (unpaired) electrons. The maximum atomic E-state index is 12.9. The van der Waals surface area contributed by atoms with E-state index in [1.54, 1.807) is 24.3 Å². The molecule has 1 aliphatic rings. The highest BCUT2D eigenvalue weighted by molar-refractivity contribution is 5.98. The molecule has 0 heterocycles. The molecule has 158 valence electrons. The molecular formula is C23H28N4O3. The third-order valence-electron chi connectivity index (χ3n) is 4.62. The molecule has 1 atom stereocenters. The first kappa shape index (κ1) is 21.4. The van der Waals surface area contributed by atoms with Gasteiger partial charge >= 0.3 is 6.03 Å². The van der Waals surface area contributed by atoms with E-state index in [9.17, 15) is 14.4 Å². The van der Waals surface area contributed by atoms with Crippen LogP contribution in [-0.2, 0) is 9.59 Å². The summed E-state index contributed by atoms with van der Waals surface area (Å²) in [5.74, 6) is -0.303. The van der Waals surface area contributed by atoms with Crippen LogP contribution in [0.1, 0.15) is 44.7 Å². The van der Waals surface area contributed by atoms with E-state index in [2.05, 4.69) is 21.3 Å². The Hall–Kier alpha value is -3.35. The topological polar surface area (TPSA) is 99.3 Å². The summed E-state index contributed by atoms with van der Waals surface area (Å²) >= 11 is 0. The largest absolute Gasteiger partial charge is 0.341 e. The lowest BCUT2D eigenvalue weighted by atomic mass is 10.0. The molecule has 0 aliphatic heterocycles. The van der Waals surface area contributed by atoms with Crippen LogP contribution in [0, 0.1) is 5.92 Å². The van der Waals surface area contributed by atoms with E-state index < -0.39 is 6.04 Å². The molecule has 1 unspecified atom stereocenters. The second kappa shape index (κ2) is 9.91. The van der Waals surface area contributed by atoms with Gasteiger partial charge in [0.1, 0.15) is 6.04 Å². The number of hydrogen-bond donors (Lipinski definition) is 4. The van der Waals surface area contributed by atoms with Crippen molar-refractivity contribution >= 4 is 29.2 Å². The van der Waals surface area contributed by atoms with Crippen LogP contribution in [0.4, 0.5) is 16.2 Å². The number of urea groups is 1. The van der Waals surface area contributed by atoms with Crippen molar-refractivity contribution in [3.05, 3.63) is 60.2 Å². The Labute approximate surface area is 176 Å². The van der Waals surface area contributed by atoms with Crippen LogP contribution in [0.2, 0.25) is 0 Å². The lowest BCUT2D eigenvalue weighted by molar-refractivity contribution is -0.127. The van der Waals surface area contributed by atoms with Gasteiger partial charge in [-0.3, -0.25) is 9.59 Å². The van der Waals surface area contributed by atoms with Crippen LogP contribution in [0.5, 0.6) is 0 Å². The second-order valence-corrected chi connectivity index (χ2v) is 7.95. The van der Waals surface area contributed by atoms with Crippen LogP contribution in [0.25, 0.3) is 0 Å². The summed E-state index contributed by atoms with van der Waals surface area (Å²) in [5.41, 5.74) is 1.92. The molecule has 0 spiro atoms. The normalized spacial score (nSPS) is 14.0. The maximum Gasteiger partial charge on any atom is 0.319 e. The Morgan fingerprint density at radius 3 is 2.07 bits per heavy atom. The minimum absolute atomic E-state index is 0.171. The molecule has 4 N–H and O–H groups in total. The van der Waals surface area contributed by atoms with E-state index in [1.807, 2.05) is 44.2 Å². The molecule has 0 saturated heterocycles. The minimum atomic E-state index is -0.792. The molecule has 2 aromatic rings. The Bertz CT molecular complexity index is 877. The Morgan fingerprint density at radius 1 is 0.900 bits per heavy atom. The summed E-state index contributed by atoms with van der Waals surface area (Å²) in [6.07, 6.45) is 2.39.